The maximum atomic E-state index is 5.30. The van der Waals surface area contributed by atoms with Crippen molar-refractivity contribution >= 4 is 15.9 Å². The van der Waals surface area contributed by atoms with E-state index in [-0.39, 0.29) is 0 Å². The largest absolute Gasteiger partial charge is 0.462 e. The highest BCUT2D eigenvalue weighted by molar-refractivity contribution is 9.10. The summed E-state index contributed by atoms with van der Waals surface area (Å²) in [6.07, 6.45) is 4.47. The van der Waals surface area contributed by atoms with E-state index in [2.05, 4.69) is 38.1 Å². The van der Waals surface area contributed by atoms with E-state index >= 15 is 0 Å². The molecule has 0 spiro atoms. The van der Waals surface area contributed by atoms with Gasteiger partial charge in [0.1, 0.15) is 6.61 Å². The van der Waals surface area contributed by atoms with Gasteiger partial charge in [-0.05, 0) is 28.9 Å². The van der Waals surface area contributed by atoms with Gasteiger partial charge in [0.05, 0.1) is 4.47 Å². The van der Waals surface area contributed by atoms with Crippen LogP contribution in [-0.2, 0) is 0 Å². The average Bonchev–Trinajstić information content (AvgIpc) is 2.21. The minimum Gasteiger partial charge on any atom is -0.462 e. The molecular weight excluding hydrogens is 246 g/mol. The van der Waals surface area contributed by atoms with Gasteiger partial charge in [0.15, 0.2) is 0 Å². The fraction of sp³-hybridized carbons (Fsp3) is 0.556. The molecule has 1 aromatic rings. The van der Waals surface area contributed by atoms with Crippen molar-refractivity contribution in [3.05, 3.63) is 16.9 Å². The van der Waals surface area contributed by atoms with Crippen molar-refractivity contribution in [1.29, 1.82) is 0 Å². The van der Waals surface area contributed by atoms with Crippen LogP contribution in [0, 0.1) is 0 Å². The molecule has 0 aliphatic rings. The zero-order valence-electron chi connectivity index (χ0n) is 8.16. The van der Waals surface area contributed by atoms with Crippen molar-refractivity contribution in [3.8, 4) is 6.01 Å². The molecule has 0 atom stereocenters. The van der Waals surface area contributed by atoms with Crippen LogP contribution < -0.4 is 10.1 Å². The van der Waals surface area contributed by atoms with Crippen LogP contribution in [0.5, 0.6) is 6.01 Å². The molecule has 5 heteroatoms. The third kappa shape index (κ3) is 4.53. The van der Waals surface area contributed by atoms with Gasteiger partial charge >= 0.3 is 6.01 Å². The van der Waals surface area contributed by atoms with Gasteiger partial charge in [-0.2, -0.15) is 0 Å². The van der Waals surface area contributed by atoms with Gasteiger partial charge in [0, 0.05) is 18.9 Å². The number of ether oxygens (including phenoxy) is 1. The third-order valence-electron chi connectivity index (χ3n) is 1.53. The maximum absolute atomic E-state index is 5.30. The lowest BCUT2D eigenvalue weighted by molar-refractivity contribution is 0.290. The van der Waals surface area contributed by atoms with Gasteiger partial charge in [-0.25, -0.2) is 9.97 Å². The molecule has 0 saturated heterocycles. The van der Waals surface area contributed by atoms with E-state index in [1.165, 1.54) is 0 Å². The minimum atomic E-state index is 0.423. The Hall–Kier alpha value is -0.680. The van der Waals surface area contributed by atoms with E-state index in [0.717, 1.165) is 24.0 Å². The van der Waals surface area contributed by atoms with E-state index in [0.29, 0.717) is 12.6 Å². The second-order valence-corrected chi connectivity index (χ2v) is 3.70. The Labute approximate surface area is 92.2 Å². The highest BCUT2D eigenvalue weighted by atomic mass is 79.9. The number of halogens is 1. The van der Waals surface area contributed by atoms with Crippen molar-refractivity contribution in [2.24, 2.45) is 0 Å². The summed E-state index contributed by atoms with van der Waals surface area (Å²) < 4.78 is 6.16. The first-order valence-corrected chi connectivity index (χ1v) is 5.43. The fourth-order valence-corrected chi connectivity index (χ4v) is 1.10. The van der Waals surface area contributed by atoms with Crippen LogP contribution in [-0.4, -0.2) is 29.7 Å². The van der Waals surface area contributed by atoms with Crippen LogP contribution in [0.15, 0.2) is 16.9 Å². The standard InChI is InChI=1S/C9H14BrN3O/c1-2-3-11-4-5-14-9-12-6-8(10)7-13-9/h6-7,11H,2-5H2,1H3. The van der Waals surface area contributed by atoms with Crippen molar-refractivity contribution in [2.75, 3.05) is 19.7 Å². The lowest BCUT2D eigenvalue weighted by atomic mass is 10.5. The molecule has 1 N–H and O–H groups in total. The molecule has 14 heavy (non-hydrogen) atoms. The number of nitrogens with zero attached hydrogens (tertiary/aromatic N) is 2. The van der Waals surface area contributed by atoms with Crippen molar-refractivity contribution in [1.82, 2.24) is 15.3 Å². The molecule has 4 nitrogen and oxygen atoms in total. The molecule has 78 valence electrons. The van der Waals surface area contributed by atoms with Crippen LogP contribution in [0.2, 0.25) is 0 Å². The lowest BCUT2D eigenvalue weighted by Crippen LogP contribution is -2.22. The van der Waals surface area contributed by atoms with Crippen LogP contribution in [0.4, 0.5) is 0 Å². The Morgan fingerprint density at radius 1 is 1.36 bits per heavy atom. The second-order valence-electron chi connectivity index (χ2n) is 2.78. The van der Waals surface area contributed by atoms with Crippen LogP contribution in [0.1, 0.15) is 13.3 Å². The van der Waals surface area contributed by atoms with Gasteiger partial charge in [0.25, 0.3) is 0 Å². The predicted molar refractivity (Wildman–Crippen MR) is 58.4 cm³/mol. The molecule has 0 aliphatic heterocycles. The summed E-state index contributed by atoms with van der Waals surface area (Å²) in [4.78, 5) is 7.98. The Kier molecular flexibility index (Phi) is 5.47. The fourth-order valence-electron chi connectivity index (χ4n) is 0.891. The highest BCUT2D eigenvalue weighted by Crippen LogP contribution is 2.07. The quantitative estimate of drug-likeness (QED) is 0.789. The topological polar surface area (TPSA) is 47.0 Å². The summed E-state index contributed by atoms with van der Waals surface area (Å²) in [5.41, 5.74) is 0. The maximum Gasteiger partial charge on any atom is 0.316 e. The van der Waals surface area contributed by atoms with Crippen molar-refractivity contribution in [3.63, 3.8) is 0 Å². The van der Waals surface area contributed by atoms with E-state index in [1.54, 1.807) is 12.4 Å². The molecule has 0 aliphatic carbocycles. The number of hydrogen-bond donors (Lipinski definition) is 1. The number of nitrogens with one attached hydrogen (secondary N) is 1. The molecule has 1 rings (SSSR count). The third-order valence-corrected chi connectivity index (χ3v) is 1.94. The first-order valence-electron chi connectivity index (χ1n) is 4.64. The zero-order valence-corrected chi connectivity index (χ0v) is 9.75. The molecular formula is C9H14BrN3O. The first kappa shape index (κ1) is 11.4. The van der Waals surface area contributed by atoms with Crippen molar-refractivity contribution in [2.45, 2.75) is 13.3 Å². The SMILES string of the molecule is CCCNCCOc1ncc(Br)cn1. The number of aromatic nitrogens is 2. The first-order chi connectivity index (χ1) is 6.83. The van der Waals surface area contributed by atoms with Crippen molar-refractivity contribution < 1.29 is 4.74 Å². The van der Waals surface area contributed by atoms with Gasteiger partial charge in [-0.3, -0.25) is 0 Å². The Balaban J connectivity index is 2.15. The summed E-state index contributed by atoms with van der Waals surface area (Å²) >= 11 is 3.25. The summed E-state index contributed by atoms with van der Waals surface area (Å²) in [7, 11) is 0. The molecule has 0 radical (unpaired) electrons. The average molecular weight is 260 g/mol. The van der Waals surface area contributed by atoms with E-state index in [4.69, 9.17) is 4.74 Å². The van der Waals surface area contributed by atoms with Gasteiger partial charge in [0.2, 0.25) is 0 Å². The number of rotatable bonds is 6. The van der Waals surface area contributed by atoms with Crippen LogP contribution >= 0.6 is 15.9 Å². The second kappa shape index (κ2) is 6.73. The molecule has 0 amide bonds. The summed E-state index contributed by atoms with van der Waals surface area (Å²) in [6, 6.07) is 0.423. The van der Waals surface area contributed by atoms with Crippen LogP contribution in [0.3, 0.4) is 0 Å². The summed E-state index contributed by atoms with van der Waals surface area (Å²) in [5, 5.41) is 3.23. The van der Waals surface area contributed by atoms with E-state index in [1.807, 2.05) is 0 Å². The Bertz CT molecular complexity index is 253. The Morgan fingerprint density at radius 2 is 2.07 bits per heavy atom. The molecule has 1 aromatic heterocycles. The molecule has 0 aromatic carbocycles. The van der Waals surface area contributed by atoms with Gasteiger partial charge in [-0.15, -0.1) is 0 Å². The molecule has 0 bridgehead atoms. The minimum absolute atomic E-state index is 0.423. The Morgan fingerprint density at radius 3 is 2.71 bits per heavy atom. The lowest BCUT2D eigenvalue weighted by Gasteiger charge is -2.04. The zero-order chi connectivity index (χ0) is 10.2. The molecule has 1 heterocycles. The monoisotopic (exact) mass is 259 g/mol. The molecule has 0 unspecified atom stereocenters. The van der Waals surface area contributed by atoms with E-state index < -0.39 is 0 Å². The summed E-state index contributed by atoms with van der Waals surface area (Å²) in [6.45, 7) is 4.57. The van der Waals surface area contributed by atoms with Crippen LogP contribution in [0.25, 0.3) is 0 Å². The highest BCUT2D eigenvalue weighted by Gasteiger charge is 1.95. The van der Waals surface area contributed by atoms with Gasteiger partial charge in [-0.1, -0.05) is 6.92 Å². The predicted octanol–water partition coefficient (Wildman–Crippen LogP) is 1.62. The summed E-state index contributed by atoms with van der Waals surface area (Å²) in [5.74, 6) is 0. The van der Waals surface area contributed by atoms with Gasteiger partial charge < -0.3 is 10.1 Å². The number of hydrogen-bond acceptors (Lipinski definition) is 4. The smallest absolute Gasteiger partial charge is 0.316 e. The van der Waals surface area contributed by atoms with E-state index in [9.17, 15) is 0 Å². The molecule has 0 saturated carbocycles. The molecule has 0 fully saturated rings. The normalized spacial score (nSPS) is 10.1.